The van der Waals surface area contributed by atoms with Crippen molar-refractivity contribution in [1.29, 1.82) is 0 Å². The number of aromatic amines is 1. The second kappa shape index (κ2) is 5.48. The molecule has 4 nitrogen and oxygen atoms in total. The Labute approximate surface area is 124 Å². The molecular weight excluding hydrogens is 296 g/mol. The van der Waals surface area contributed by atoms with Gasteiger partial charge in [-0.25, -0.2) is 4.98 Å². The Morgan fingerprint density at radius 1 is 1.10 bits per heavy atom. The van der Waals surface area contributed by atoms with E-state index in [0.29, 0.717) is 9.86 Å². The number of aromatic nitrogens is 2. The van der Waals surface area contributed by atoms with Crippen molar-refractivity contribution in [3.63, 3.8) is 0 Å². The molecule has 0 amide bonds. The Morgan fingerprint density at radius 3 is 2.80 bits per heavy atom. The van der Waals surface area contributed by atoms with Gasteiger partial charge in [0, 0.05) is 5.02 Å². The van der Waals surface area contributed by atoms with E-state index in [0.717, 1.165) is 22.2 Å². The van der Waals surface area contributed by atoms with Gasteiger partial charge in [0.1, 0.15) is 5.52 Å². The molecular formula is C14H9ClN2O2S. The van der Waals surface area contributed by atoms with Crippen molar-refractivity contribution in [1.82, 2.24) is 9.97 Å². The lowest BCUT2D eigenvalue weighted by molar-refractivity contribution is 0.583. The zero-order valence-electron chi connectivity index (χ0n) is 10.2. The van der Waals surface area contributed by atoms with Crippen LogP contribution in [-0.4, -0.2) is 9.97 Å². The number of hydrogen-bond acceptors (Lipinski definition) is 4. The highest BCUT2D eigenvalue weighted by molar-refractivity contribution is 7.71. The number of benzene rings is 2. The number of para-hydroxylation sites is 2. The topological polar surface area (TPSA) is 55.0 Å². The maximum absolute atomic E-state index is 5.73. The highest BCUT2D eigenvalue weighted by Crippen LogP contribution is 2.17. The molecule has 6 heteroatoms. The van der Waals surface area contributed by atoms with Gasteiger partial charge in [-0.1, -0.05) is 23.7 Å². The van der Waals surface area contributed by atoms with E-state index in [2.05, 4.69) is 9.97 Å². The fraction of sp³-hybridized carbons (Fsp3) is 0. The molecule has 2 heterocycles. The molecule has 0 unspecified atom stereocenters. The minimum absolute atomic E-state index is 0.377. The quantitative estimate of drug-likeness (QED) is 0.466. The van der Waals surface area contributed by atoms with E-state index in [1.54, 1.807) is 18.2 Å². The number of oxazole rings is 2. The first-order valence-electron chi connectivity index (χ1n) is 5.79. The van der Waals surface area contributed by atoms with E-state index in [-0.39, 0.29) is 0 Å². The van der Waals surface area contributed by atoms with Gasteiger partial charge in [0.25, 0.3) is 4.84 Å². The molecule has 1 N–H and O–H groups in total. The van der Waals surface area contributed by atoms with Gasteiger partial charge in [0.05, 0.1) is 5.52 Å². The predicted molar refractivity (Wildman–Crippen MR) is 80.4 cm³/mol. The van der Waals surface area contributed by atoms with Gasteiger partial charge in [-0.15, -0.1) is 0 Å². The zero-order chi connectivity index (χ0) is 13.9. The minimum Gasteiger partial charge on any atom is -0.443 e. The number of hydrogen-bond donors (Lipinski definition) is 1. The monoisotopic (exact) mass is 304 g/mol. The van der Waals surface area contributed by atoms with Crippen molar-refractivity contribution in [2.45, 2.75) is 0 Å². The number of fused-ring (bicyclic) bond motifs is 2. The van der Waals surface area contributed by atoms with Crippen LogP contribution in [0.3, 0.4) is 0 Å². The summed E-state index contributed by atoms with van der Waals surface area (Å²) in [6.45, 7) is 0. The SMILES string of the molecule is S=c1[nH]c2cc(Cl)ccc2o1.c1ccc2ocnc2c1. The van der Waals surface area contributed by atoms with Crippen LogP contribution in [0.2, 0.25) is 5.02 Å². The third-order valence-electron chi connectivity index (χ3n) is 2.62. The van der Waals surface area contributed by atoms with Crippen LogP contribution in [-0.2, 0) is 0 Å². The summed E-state index contributed by atoms with van der Waals surface area (Å²) in [4.78, 5) is 7.19. The molecule has 20 heavy (non-hydrogen) atoms. The van der Waals surface area contributed by atoms with E-state index >= 15 is 0 Å². The summed E-state index contributed by atoms with van der Waals surface area (Å²) >= 11 is 10.5. The highest BCUT2D eigenvalue weighted by atomic mass is 35.5. The number of halogens is 1. The molecule has 0 saturated heterocycles. The van der Waals surface area contributed by atoms with Crippen molar-refractivity contribution in [3.8, 4) is 0 Å². The largest absolute Gasteiger partial charge is 0.443 e. The van der Waals surface area contributed by atoms with Gasteiger partial charge in [-0.3, -0.25) is 0 Å². The first kappa shape index (κ1) is 12.9. The molecule has 4 aromatic rings. The van der Waals surface area contributed by atoms with Crippen LogP contribution in [0.4, 0.5) is 0 Å². The Hall–Kier alpha value is -2.11. The maximum atomic E-state index is 5.73. The summed E-state index contributed by atoms with van der Waals surface area (Å²) < 4.78 is 10.1. The molecule has 0 aliphatic heterocycles. The van der Waals surface area contributed by atoms with Gasteiger partial charge >= 0.3 is 0 Å². The molecule has 0 atom stereocenters. The smallest absolute Gasteiger partial charge is 0.266 e. The van der Waals surface area contributed by atoms with Gasteiger partial charge in [-0.2, -0.15) is 0 Å². The summed E-state index contributed by atoms with van der Waals surface area (Å²) in [7, 11) is 0. The standard InChI is InChI=1S/C7H4ClNOS.C7H5NO/c8-4-1-2-6-5(3-4)9-7(11)10-6;1-2-4-7-6(3-1)8-5-9-7/h1-3H,(H,9,11);1-5H. The van der Waals surface area contributed by atoms with Gasteiger partial charge in [0.2, 0.25) is 0 Å². The Kier molecular flexibility index (Phi) is 3.54. The Balaban J connectivity index is 0.000000123. The average Bonchev–Trinajstić information content (AvgIpc) is 3.04. The highest BCUT2D eigenvalue weighted by Gasteiger charge is 1.97. The van der Waals surface area contributed by atoms with Crippen molar-refractivity contribution in [3.05, 3.63) is 58.7 Å². The molecule has 0 radical (unpaired) electrons. The van der Waals surface area contributed by atoms with Crippen LogP contribution in [0, 0.1) is 4.84 Å². The van der Waals surface area contributed by atoms with Crippen molar-refractivity contribution < 1.29 is 8.83 Å². The third-order valence-corrected chi connectivity index (χ3v) is 3.04. The fourth-order valence-corrected chi connectivity index (χ4v) is 2.10. The maximum Gasteiger partial charge on any atom is 0.266 e. The second-order valence-electron chi connectivity index (χ2n) is 3.98. The van der Waals surface area contributed by atoms with Crippen LogP contribution in [0.5, 0.6) is 0 Å². The molecule has 2 aromatic heterocycles. The molecule has 0 spiro atoms. The molecule has 100 valence electrons. The summed E-state index contributed by atoms with van der Waals surface area (Å²) in [6.07, 6.45) is 1.45. The van der Waals surface area contributed by atoms with Crippen molar-refractivity contribution in [2.75, 3.05) is 0 Å². The number of nitrogens with zero attached hydrogens (tertiary/aromatic N) is 1. The van der Waals surface area contributed by atoms with E-state index in [9.17, 15) is 0 Å². The van der Waals surface area contributed by atoms with Crippen LogP contribution in [0.15, 0.2) is 57.7 Å². The van der Waals surface area contributed by atoms with Gasteiger partial charge < -0.3 is 13.8 Å². The van der Waals surface area contributed by atoms with Gasteiger partial charge in [-0.05, 0) is 42.5 Å². The molecule has 4 rings (SSSR count). The predicted octanol–water partition coefficient (Wildman–Crippen LogP) is 4.97. The normalized spacial score (nSPS) is 10.4. The second-order valence-corrected chi connectivity index (χ2v) is 4.78. The van der Waals surface area contributed by atoms with E-state index in [1.807, 2.05) is 24.3 Å². The number of nitrogens with one attached hydrogen (secondary N) is 1. The first-order chi connectivity index (χ1) is 9.72. The van der Waals surface area contributed by atoms with Crippen LogP contribution in [0.25, 0.3) is 22.2 Å². The number of rotatable bonds is 0. The minimum atomic E-state index is 0.377. The summed E-state index contributed by atoms with van der Waals surface area (Å²) in [5.41, 5.74) is 3.33. The van der Waals surface area contributed by atoms with E-state index in [4.69, 9.17) is 32.7 Å². The summed E-state index contributed by atoms with van der Waals surface area (Å²) in [5.74, 6) is 0. The molecule has 0 bridgehead atoms. The molecule has 2 aromatic carbocycles. The fourth-order valence-electron chi connectivity index (χ4n) is 1.73. The molecule has 0 fully saturated rings. The summed E-state index contributed by atoms with van der Waals surface area (Å²) in [6, 6.07) is 13.0. The Morgan fingerprint density at radius 2 is 1.95 bits per heavy atom. The van der Waals surface area contributed by atoms with E-state index in [1.165, 1.54) is 6.39 Å². The summed E-state index contributed by atoms with van der Waals surface area (Å²) in [5, 5.41) is 0.671. The van der Waals surface area contributed by atoms with E-state index < -0.39 is 0 Å². The third kappa shape index (κ3) is 2.74. The van der Waals surface area contributed by atoms with Crippen molar-refractivity contribution in [2.24, 2.45) is 0 Å². The molecule has 0 aliphatic carbocycles. The Bertz CT molecular complexity index is 880. The number of H-pyrrole nitrogens is 1. The lowest BCUT2D eigenvalue weighted by atomic mass is 10.3. The zero-order valence-corrected chi connectivity index (χ0v) is 11.7. The van der Waals surface area contributed by atoms with Gasteiger partial charge in [0.15, 0.2) is 17.6 Å². The van der Waals surface area contributed by atoms with Crippen molar-refractivity contribution >= 4 is 46.0 Å². The van der Waals surface area contributed by atoms with Crippen LogP contribution < -0.4 is 0 Å². The van der Waals surface area contributed by atoms with Crippen LogP contribution >= 0.6 is 23.8 Å². The first-order valence-corrected chi connectivity index (χ1v) is 6.57. The average molecular weight is 305 g/mol. The lowest BCUT2D eigenvalue weighted by Gasteiger charge is -1.86. The lowest BCUT2D eigenvalue weighted by Crippen LogP contribution is -1.66. The molecule has 0 aliphatic rings. The van der Waals surface area contributed by atoms with Crippen LogP contribution in [0.1, 0.15) is 0 Å². The molecule has 0 saturated carbocycles.